The van der Waals surface area contributed by atoms with Crippen LogP contribution >= 0.6 is 11.6 Å². The molecule has 0 aliphatic carbocycles. The summed E-state index contributed by atoms with van der Waals surface area (Å²) in [6.45, 7) is 23.8. The Morgan fingerprint density at radius 2 is 1.14 bits per heavy atom. The first-order valence-corrected chi connectivity index (χ1v) is 25.2. The van der Waals surface area contributed by atoms with Gasteiger partial charge in [-0.1, -0.05) is 11.6 Å². The molecule has 0 bridgehead atoms. The smallest absolute Gasteiger partial charge is 0.399 e. The number of aromatic nitrogens is 6. The average molecular weight is 1060 g/mol. The predicted molar refractivity (Wildman–Crippen MR) is 279 cm³/mol. The lowest BCUT2D eigenvalue weighted by Gasteiger charge is -2.37. The van der Waals surface area contributed by atoms with Gasteiger partial charge in [0.15, 0.2) is 5.82 Å². The molecular formula is C49H69BClF4N13O6. The van der Waals surface area contributed by atoms with Gasteiger partial charge in [0.25, 0.3) is 12.9 Å². The first-order valence-electron chi connectivity index (χ1n) is 24.8. The quantitative estimate of drug-likeness (QED) is 0.0586. The molecule has 0 saturated carbocycles. The molecule has 5 fully saturated rings. The largest absolute Gasteiger partial charge is 0.496 e. The van der Waals surface area contributed by atoms with Crippen LogP contribution in [0, 0.1) is 0 Å². The number of nitrogen functional groups attached to an aromatic ring is 1. The molecule has 4 aromatic heterocycles. The highest BCUT2D eigenvalue weighted by atomic mass is 35.5. The number of nitrogens with two attached hydrogens (primary N) is 1. The number of pyridine rings is 2. The van der Waals surface area contributed by atoms with Gasteiger partial charge in [-0.15, -0.1) is 0 Å². The maximum absolute atomic E-state index is 13.7. The third-order valence-electron chi connectivity index (χ3n) is 13.5. The third-order valence-corrected chi connectivity index (χ3v) is 13.7. The fourth-order valence-corrected chi connectivity index (χ4v) is 8.82. The van der Waals surface area contributed by atoms with Gasteiger partial charge in [0.1, 0.15) is 22.6 Å². The van der Waals surface area contributed by atoms with Crippen LogP contribution in [0.1, 0.15) is 79.4 Å². The molecule has 5 saturated heterocycles. The zero-order valence-corrected chi connectivity index (χ0v) is 44.6. The van der Waals surface area contributed by atoms with Gasteiger partial charge in [-0.2, -0.15) is 9.97 Å². The Hall–Kier alpha value is -5.24. The van der Waals surface area contributed by atoms with Crippen molar-refractivity contribution in [2.75, 3.05) is 118 Å². The summed E-state index contributed by atoms with van der Waals surface area (Å²) in [5.41, 5.74) is 4.98. The molecule has 25 heteroatoms. The Bertz CT molecular complexity index is 2450. The number of aliphatic imine (C=N–C) groups is 1. The molecule has 5 aliphatic heterocycles. The van der Waals surface area contributed by atoms with E-state index in [1.54, 1.807) is 25.1 Å². The first kappa shape index (κ1) is 56.5. The lowest BCUT2D eigenvalue weighted by atomic mass is 9.77. The van der Waals surface area contributed by atoms with Gasteiger partial charge in [0.2, 0.25) is 11.9 Å². The lowest BCUT2D eigenvalue weighted by Crippen LogP contribution is -2.46. The molecule has 0 aromatic carbocycles. The van der Waals surface area contributed by atoms with Gasteiger partial charge in [-0.05, 0) is 67.5 Å². The van der Waals surface area contributed by atoms with E-state index in [-0.39, 0.29) is 51.9 Å². The Morgan fingerprint density at radius 1 is 0.662 bits per heavy atom. The van der Waals surface area contributed by atoms with Gasteiger partial charge >= 0.3 is 7.12 Å². The summed E-state index contributed by atoms with van der Waals surface area (Å²) in [6, 6.07) is 6.78. The number of hydrogen-bond acceptors (Lipinski definition) is 18. The van der Waals surface area contributed by atoms with E-state index >= 15 is 0 Å². The van der Waals surface area contributed by atoms with Crippen LogP contribution in [0.25, 0.3) is 11.3 Å². The number of nitrogens with zero attached hydrogens (tertiary/aromatic N) is 12. The Kier molecular flexibility index (Phi) is 18.8. The standard InChI is InChI=1S/C20H26F2N6O2.C15H22BF2N3O2.C14H21ClN4O2/c1-12-10-29-5-3-27(12)18-8-16(15-9-24-17(23)7-14(15)19(21)22)25-20(26-18)28-4-6-30-11-13(28)2;1-14(2)15(3,4)23-16(22-14)11-8-19-12(20-9-21(5)6)7-10(11)13(17)18;1-10-8-20-5-3-18(10)13-7-12(15)16-14(17-13)19-4-6-21-9-11(19)2/h7-9,12-13,19H,3-6,10-11H2,1-2H3,(H2,23,24);7-9,13H,1-6H3;7,10-11H,3-6,8-9H2,1-2H3. The molecule has 2 N–H and O–H groups in total. The van der Waals surface area contributed by atoms with Gasteiger partial charge in [0.05, 0.1) is 100 Å². The molecule has 0 radical (unpaired) electrons. The highest BCUT2D eigenvalue weighted by Crippen LogP contribution is 2.38. The van der Waals surface area contributed by atoms with Crippen LogP contribution in [0.4, 0.5) is 52.7 Å². The highest BCUT2D eigenvalue weighted by molar-refractivity contribution is 6.62. The number of alkyl halides is 4. The van der Waals surface area contributed by atoms with Crippen molar-refractivity contribution in [1.29, 1.82) is 0 Å². The van der Waals surface area contributed by atoms with Crippen LogP contribution in [0.15, 0.2) is 41.7 Å². The number of anilines is 5. The molecule has 5 aliphatic rings. The predicted octanol–water partition coefficient (Wildman–Crippen LogP) is 6.63. The summed E-state index contributed by atoms with van der Waals surface area (Å²) in [4.78, 5) is 41.0. The van der Waals surface area contributed by atoms with E-state index in [1.165, 1.54) is 30.9 Å². The topological polar surface area (TPSA) is 187 Å². The van der Waals surface area contributed by atoms with Crippen molar-refractivity contribution in [3.63, 3.8) is 0 Å². The number of morpholine rings is 4. The molecular weight excluding hydrogens is 989 g/mol. The normalized spacial score (nSPS) is 23.0. The highest BCUT2D eigenvalue weighted by Gasteiger charge is 2.52. The summed E-state index contributed by atoms with van der Waals surface area (Å²) >= 11 is 6.22. The maximum atomic E-state index is 13.7. The van der Waals surface area contributed by atoms with Gasteiger partial charge in [0, 0.05) is 87.0 Å². The van der Waals surface area contributed by atoms with Crippen LogP contribution in [0.2, 0.25) is 5.15 Å². The molecule has 0 amide bonds. The summed E-state index contributed by atoms with van der Waals surface area (Å²) in [6.07, 6.45) is -1.15. The first-order chi connectivity index (χ1) is 35.1. The molecule has 74 heavy (non-hydrogen) atoms. The summed E-state index contributed by atoms with van der Waals surface area (Å²) in [5.74, 6) is 3.00. The van der Waals surface area contributed by atoms with Crippen molar-refractivity contribution in [2.24, 2.45) is 4.99 Å². The summed E-state index contributed by atoms with van der Waals surface area (Å²) in [5, 5.41) is 0.479. The van der Waals surface area contributed by atoms with E-state index in [4.69, 9.17) is 55.6 Å². The summed E-state index contributed by atoms with van der Waals surface area (Å²) in [7, 11) is 2.70. The number of rotatable bonds is 10. The minimum atomic E-state index is -2.70. The van der Waals surface area contributed by atoms with Gasteiger partial charge in [-0.25, -0.2) is 42.5 Å². The van der Waals surface area contributed by atoms with Crippen LogP contribution < -0.4 is 30.8 Å². The fourth-order valence-electron chi connectivity index (χ4n) is 8.64. The van der Waals surface area contributed by atoms with Crippen molar-refractivity contribution in [1.82, 2.24) is 34.8 Å². The van der Waals surface area contributed by atoms with E-state index < -0.39 is 31.2 Å². The Labute approximate surface area is 436 Å². The zero-order chi connectivity index (χ0) is 53.5. The Balaban J connectivity index is 0.000000165. The van der Waals surface area contributed by atoms with Crippen molar-refractivity contribution >= 4 is 65.7 Å². The van der Waals surface area contributed by atoms with Crippen LogP contribution in [0.3, 0.4) is 0 Å². The van der Waals surface area contributed by atoms with Gasteiger partial charge in [-0.3, -0.25) is 0 Å². The SMILES string of the molecule is CC1COCCN1c1cc(-c2cnc(N)cc2C(F)F)nc(N2CCOCC2C)n1.CC1COCCN1c1cc(Cl)nc(N2CCOCC2C)n1.CN(C)C=Nc1cc(C(F)F)c(B2OC(C)(C)C(C)(C)O2)cn1. The van der Waals surface area contributed by atoms with Crippen LogP contribution in [0.5, 0.6) is 0 Å². The van der Waals surface area contributed by atoms with Crippen molar-refractivity contribution in [2.45, 2.75) is 104 Å². The number of ether oxygens (including phenoxy) is 4. The van der Waals surface area contributed by atoms with E-state index in [9.17, 15) is 17.6 Å². The van der Waals surface area contributed by atoms with E-state index in [1.807, 2.05) is 52.5 Å². The third kappa shape index (κ3) is 13.8. The summed E-state index contributed by atoms with van der Waals surface area (Å²) < 4.78 is 88.1. The number of halogens is 5. The molecule has 0 spiro atoms. The van der Waals surface area contributed by atoms with Gasteiger partial charge < -0.3 is 58.5 Å². The van der Waals surface area contributed by atoms with E-state index in [0.717, 1.165) is 25.5 Å². The second-order valence-electron chi connectivity index (χ2n) is 20.0. The van der Waals surface area contributed by atoms with Crippen LogP contribution in [-0.2, 0) is 28.3 Å². The lowest BCUT2D eigenvalue weighted by molar-refractivity contribution is 0.00578. The van der Waals surface area contributed by atoms with E-state index in [0.29, 0.717) is 93.9 Å². The monoisotopic (exact) mass is 1060 g/mol. The molecule has 4 atom stereocenters. The zero-order valence-electron chi connectivity index (χ0n) is 43.9. The average Bonchev–Trinajstić information content (AvgIpc) is 3.58. The molecule has 4 aromatic rings. The maximum Gasteiger partial charge on any atom is 0.496 e. The van der Waals surface area contributed by atoms with Crippen molar-refractivity contribution in [3.05, 3.63) is 52.9 Å². The molecule has 4 unspecified atom stereocenters. The number of hydrogen-bond donors (Lipinski definition) is 1. The molecule has 9 rings (SSSR count). The minimum Gasteiger partial charge on any atom is -0.399 e. The fraction of sp³-hybridized carbons (Fsp3) is 0.612. The molecule has 9 heterocycles. The van der Waals surface area contributed by atoms with Crippen molar-refractivity contribution in [3.8, 4) is 11.3 Å². The molecule has 404 valence electrons. The minimum absolute atomic E-state index is 0.0483. The van der Waals surface area contributed by atoms with Crippen molar-refractivity contribution < 1.29 is 45.8 Å². The second-order valence-corrected chi connectivity index (χ2v) is 20.4. The Morgan fingerprint density at radius 3 is 1.61 bits per heavy atom. The van der Waals surface area contributed by atoms with E-state index in [2.05, 4.69) is 53.5 Å². The molecule has 19 nitrogen and oxygen atoms in total. The van der Waals surface area contributed by atoms with Crippen LogP contribution in [-0.4, -0.2) is 177 Å². The second kappa shape index (κ2) is 24.6.